The number of rotatable bonds is 2. The summed E-state index contributed by atoms with van der Waals surface area (Å²) in [6.45, 7) is 1.25. The zero-order valence-corrected chi connectivity index (χ0v) is 9.65. The highest BCUT2D eigenvalue weighted by molar-refractivity contribution is 5.56. The zero-order valence-electron chi connectivity index (χ0n) is 9.65. The molecule has 18 heavy (non-hydrogen) atoms. The number of aldehydes is 1. The van der Waals surface area contributed by atoms with Crippen LogP contribution in [0.3, 0.4) is 0 Å². The monoisotopic (exact) mass is 258 g/mol. The third kappa shape index (κ3) is 2.80. The SMILES string of the molecule is O=CC1CCCN(c2ccc(C(F)(F)F)cn2)C1. The van der Waals surface area contributed by atoms with E-state index in [1.807, 2.05) is 4.90 Å². The van der Waals surface area contributed by atoms with Gasteiger partial charge in [0.1, 0.15) is 12.1 Å². The third-order valence-electron chi connectivity index (χ3n) is 3.05. The molecule has 0 N–H and O–H groups in total. The predicted octanol–water partition coefficient (Wildman–Crippen LogP) is 2.52. The van der Waals surface area contributed by atoms with E-state index in [4.69, 9.17) is 0 Å². The molecule has 0 radical (unpaired) electrons. The minimum absolute atomic E-state index is 0.0529. The van der Waals surface area contributed by atoms with Crippen molar-refractivity contribution in [2.45, 2.75) is 19.0 Å². The molecule has 3 nitrogen and oxygen atoms in total. The molecule has 1 unspecified atom stereocenters. The van der Waals surface area contributed by atoms with E-state index >= 15 is 0 Å². The average molecular weight is 258 g/mol. The number of halogens is 3. The minimum atomic E-state index is -4.36. The summed E-state index contributed by atoms with van der Waals surface area (Å²) in [6, 6.07) is 2.38. The minimum Gasteiger partial charge on any atom is -0.356 e. The van der Waals surface area contributed by atoms with Crippen molar-refractivity contribution >= 4 is 12.1 Å². The first-order valence-corrected chi connectivity index (χ1v) is 5.74. The smallest absolute Gasteiger partial charge is 0.356 e. The second-order valence-electron chi connectivity index (χ2n) is 4.39. The van der Waals surface area contributed by atoms with Gasteiger partial charge in [-0.15, -0.1) is 0 Å². The van der Waals surface area contributed by atoms with E-state index in [2.05, 4.69) is 4.98 Å². The van der Waals surface area contributed by atoms with Crippen molar-refractivity contribution < 1.29 is 18.0 Å². The van der Waals surface area contributed by atoms with E-state index in [1.54, 1.807) is 0 Å². The van der Waals surface area contributed by atoms with Gasteiger partial charge >= 0.3 is 6.18 Å². The first-order chi connectivity index (χ1) is 8.50. The topological polar surface area (TPSA) is 33.2 Å². The lowest BCUT2D eigenvalue weighted by atomic mass is 10.00. The zero-order chi connectivity index (χ0) is 13.2. The Hall–Kier alpha value is -1.59. The molecule has 0 amide bonds. The van der Waals surface area contributed by atoms with Gasteiger partial charge in [-0.25, -0.2) is 4.98 Å². The first-order valence-electron chi connectivity index (χ1n) is 5.74. The number of alkyl halides is 3. The van der Waals surface area contributed by atoms with Gasteiger partial charge in [-0.05, 0) is 25.0 Å². The number of carbonyl (C=O) groups excluding carboxylic acids is 1. The summed E-state index contributed by atoms with van der Waals surface area (Å²) >= 11 is 0. The molecule has 0 aliphatic carbocycles. The van der Waals surface area contributed by atoms with E-state index in [-0.39, 0.29) is 5.92 Å². The van der Waals surface area contributed by atoms with Crippen molar-refractivity contribution in [2.75, 3.05) is 18.0 Å². The van der Waals surface area contributed by atoms with Gasteiger partial charge in [-0.3, -0.25) is 0 Å². The molecule has 1 aromatic heterocycles. The van der Waals surface area contributed by atoms with Crippen molar-refractivity contribution in [3.8, 4) is 0 Å². The molecule has 1 fully saturated rings. The van der Waals surface area contributed by atoms with Crippen molar-refractivity contribution in [3.05, 3.63) is 23.9 Å². The number of pyridine rings is 1. The highest BCUT2D eigenvalue weighted by Crippen LogP contribution is 2.30. The van der Waals surface area contributed by atoms with Crippen LogP contribution in [0.5, 0.6) is 0 Å². The van der Waals surface area contributed by atoms with Crippen LogP contribution in [0.1, 0.15) is 18.4 Å². The molecule has 1 aliphatic heterocycles. The van der Waals surface area contributed by atoms with Crippen LogP contribution in [0.15, 0.2) is 18.3 Å². The fraction of sp³-hybridized carbons (Fsp3) is 0.500. The summed E-state index contributed by atoms with van der Waals surface area (Å²) in [5, 5.41) is 0. The number of anilines is 1. The fourth-order valence-electron chi connectivity index (χ4n) is 2.07. The predicted molar refractivity (Wildman–Crippen MR) is 60.2 cm³/mol. The molecular formula is C12H13F3N2O. The normalized spacial score (nSPS) is 20.8. The maximum atomic E-state index is 12.4. The number of hydrogen-bond donors (Lipinski definition) is 0. The fourth-order valence-corrected chi connectivity index (χ4v) is 2.07. The van der Waals surface area contributed by atoms with Gasteiger partial charge in [0.15, 0.2) is 0 Å². The van der Waals surface area contributed by atoms with Crippen molar-refractivity contribution in [1.82, 2.24) is 4.98 Å². The van der Waals surface area contributed by atoms with Crippen LogP contribution in [0.4, 0.5) is 19.0 Å². The maximum Gasteiger partial charge on any atom is 0.417 e. The average Bonchev–Trinajstić information content (AvgIpc) is 2.38. The molecule has 1 atom stereocenters. The summed E-state index contributed by atoms with van der Waals surface area (Å²) < 4.78 is 37.1. The van der Waals surface area contributed by atoms with E-state index in [0.29, 0.717) is 12.4 Å². The van der Waals surface area contributed by atoms with Crippen LogP contribution in [0.25, 0.3) is 0 Å². The van der Waals surface area contributed by atoms with Crippen LogP contribution in [0, 0.1) is 5.92 Å². The molecule has 1 aliphatic rings. The van der Waals surface area contributed by atoms with Crippen molar-refractivity contribution in [2.24, 2.45) is 5.92 Å². The number of carbonyl (C=O) groups is 1. The number of nitrogens with zero attached hydrogens (tertiary/aromatic N) is 2. The highest BCUT2D eigenvalue weighted by Gasteiger charge is 2.31. The van der Waals surface area contributed by atoms with E-state index in [9.17, 15) is 18.0 Å². The van der Waals surface area contributed by atoms with Crippen molar-refractivity contribution in [1.29, 1.82) is 0 Å². The Balaban J connectivity index is 2.12. The van der Waals surface area contributed by atoms with E-state index < -0.39 is 11.7 Å². The second kappa shape index (κ2) is 4.96. The Labute approximate surface area is 103 Å². The van der Waals surface area contributed by atoms with E-state index in [0.717, 1.165) is 37.9 Å². The highest BCUT2D eigenvalue weighted by atomic mass is 19.4. The lowest BCUT2D eigenvalue weighted by Crippen LogP contribution is -2.36. The molecule has 0 saturated carbocycles. The molecule has 1 aromatic rings. The van der Waals surface area contributed by atoms with Crippen LogP contribution >= 0.6 is 0 Å². The molecule has 2 rings (SSSR count). The van der Waals surface area contributed by atoms with Crippen LogP contribution in [0.2, 0.25) is 0 Å². The Morgan fingerprint density at radius 1 is 1.39 bits per heavy atom. The summed E-state index contributed by atoms with van der Waals surface area (Å²) in [5.74, 6) is 0.442. The number of piperidine rings is 1. The second-order valence-corrected chi connectivity index (χ2v) is 4.39. The Bertz CT molecular complexity index is 416. The maximum absolute atomic E-state index is 12.4. The Morgan fingerprint density at radius 2 is 2.17 bits per heavy atom. The van der Waals surface area contributed by atoms with Gasteiger partial charge in [0.2, 0.25) is 0 Å². The lowest BCUT2D eigenvalue weighted by Gasteiger charge is -2.31. The number of hydrogen-bond acceptors (Lipinski definition) is 3. The van der Waals surface area contributed by atoms with Crippen LogP contribution in [-0.4, -0.2) is 24.4 Å². The van der Waals surface area contributed by atoms with Crippen LogP contribution < -0.4 is 4.90 Å². The van der Waals surface area contributed by atoms with Gasteiger partial charge in [-0.1, -0.05) is 0 Å². The Kier molecular flexibility index (Phi) is 3.54. The standard InChI is InChI=1S/C12H13F3N2O/c13-12(14,15)10-3-4-11(16-6-10)17-5-1-2-9(7-17)8-18/h3-4,6,8-9H,1-2,5,7H2. The number of aromatic nitrogens is 1. The molecular weight excluding hydrogens is 245 g/mol. The quantitative estimate of drug-likeness (QED) is 0.764. The molecule has 0 spiro atoms. The Morgan fingerprint density at radius 3 is 2.72 bits per heavy atom. The van der Waals surface area contributed by atoms with Crippen LogP contribution in [-0.2, 0) is 11.0 Å². The molecule has 0 bridgehead atoms. The molecule has 2 heterocycles. The third-order valence-corrected chi connectivity index (χ3v) is 3.05. The van der Waals surface area contributed by atoms with Gasteiger partial charge in [0.25, 0.3) is 0 Å². The first kappa shape index (κ1) is 12.9. The molecule has 1 saturated heterocycles. The summed E-state index contributed by atoms with van der Waals surface area (Å²) in [7, 11) is 0. The van der Waals surface area contributed by atoms with Crippen molar-refractivity contribution in [3.63, 3.8) is 0 Å². The molecule has 0 aromatic carbocycles. The van der Waals surface area contributed by atoms with E-state index in [1.165, 1.54) is 6.07 Å². The van der Waals surface area contributed by atoms with Gasteiger partial charge < -0.3 is 9.69 Å². The van der Waals surface area contributed by atoms with Gasteiger partial charge in [-0.2, -0.15) is 13.2 Å². The summed E-state index contributed by atoms with van der Waals surface area (Å²) in [5.41, 5.74) is -0.754. The lowest BCUT2D eigenvalue weighted by molar-refractivity contribution is -0.137. The largest absolute Gasteiger partial charge is 0.417 e. The molecule has 6 heteroatoms. The van der Waals surface area contributed by atoms with Gasteiger partial charge in [0.05, 0.1) is 5.56 Å². The molecule has 98 valence electrons. The summed E-state index contributed by atoms with van der Waals surface area (Å²) in [4.78, 5) is 16.4. The van der Waals surface area contributed by atoms with Gasteiger partial charge in [0, 0.05) is 25.2 Å². The summed E-state index contributed by atoms with van der Waals surface area (Å²) in [6.07, 6.45) is -0.943.